The van der Waals surface area contributed by atoms with Crippen LogP contribution >= 0.6 is 0 Å². The van der Waals surface area contributed by atoms with Crippen molar-refractivity contribution in [3.63, 3.8) is 0 Å². The molecule has 2 atom stereocenters. The van der Waals surface area contributed by atoms with Gasteiger partial charge in [0.1, 0.15) is 6.04 Å². The summed E-state index contributed by atoms with van der Waals surface area (Å²) in [6.45, 7) is 3.20. The van der Waals surface area contributed by atoms with E-state index in [0.717, 1.165) is 0 Å². The molecule has 0 aliphatic carbocycles. The van der Waals surface area contributed by atoms with Crippen molar-refractivity contribution in [1.82, 2.24) is 10.6 Å². The first-order valence-electron chi connectivity index (χ1n) is 4.27. The van der Waals surface area contributed by atoms with Gasteiger partial charge in [-0.05, 0) is 13.3 Å². The van der Waals surface area contributed by atoms with Crippen molar-refractivity contribution >= 4 is 12.0 Å². The van der Waals surface area contributed by atoms with E-state index in [4.69, 9.17) is 11.5 Å². The Labute approximate surface area is 82.9 Å². The average Bonchev–Trinajstić information content (AvgIpc) is 2.13. The summed E-state index contributed by atoms with van der Waals surface area (Å²) >= 11 is 0. The second kappa shape index (κ2) is 5.86. The third kappa shape index (κ3) is 4.36. The zero-order chi connectivity index (χ0) is 11.1. The van der Waals surface area contributed by atoms with Crippen molar-refractivity contribution in [3.8, 4) is 12.3 Å². The van der Waals surface area contributed by atoms with Gasteiger partial charge in [-0.25, -0.2) is 4.79 Å². The molecule has 2 amide bonds. The summed E-state index contributed by atoms with van der Waals surface area (Å²) < 4.78 is 0. The summed E-state index contributed by atoms with van der Waals surface area (Å²) in [5, 5.41) is 13.2. The fourth-order valence-corrected chi connectivity index (χ4v) is 0.720. The molecule has 0 aromatic rings. The molecule has 0 rings (SSSR count). The van der Waals surface area contributed by atoms with Crippen molar-refractivity contribution in [1.29, 1.82) is 0 Å². The second-order valence-corrected chi connectivity index (χ2v) is 2.81. The Morgan fingerprint density at radius 1 is 1.50 bits per heavy atom. The third-order valence-corrected chi connectivity index (χ3v) is 1.63. The molecule has 0 aliphatic rings. The fourth-order valence-electron chi connectivity index (χ4n) is 0.720. The number of rotatable bonds is 4. The molecule has 0 fully saturated rings. The Morgan fingerprint density at radius 2 is 2.07 bits per heavy atom. The summed E-state index contributed by atoms with van der Waals surface area (Å²) in [5.41, 5.74) is 0. The number of terminal acetylenes is 1. The lowest BCUT2D eigenvalue weighted by atomic mass is 10.2. The van der Waals surface area contributed by atoms with Crippen LogP contribution in [0.1, 0.15) is 20.3 Å². The van der Waals surface area contributed by atoms with Crippen LogP contribution in [0, 0.1) is 12.3 Å². The van der Waals surface area contributed by atoms with Crippen molar-refractivity contribution in [3.05, 3.63) is 0 Å². The third-order valence-electron chi connectivity index (χ3n) is 1.63. The number of hydrogen-bond donors (Lipinski definition) is 3. The van der Waals surface area contributed by atoms with E-state index in [0.29, 0.717) is 6.42 Å². The van der Waals surface area contributed by atoms with Gasteiger partial charge in [-0.15, -0.1) is 6.42 Å². The fraction of sp³-hybridized carbons (Fsp3) is 0.556. The maximum Gasteiger partial charge on any atom is 0.325 e. The Hall–Kier alpha value is -1.70. The summed E-state index contributed by atoms with van der Waals surface area (Å²) in [7, 11) is 0. The molecule has 5 nitrogen and oxygen atoms in total. The standard InChI is InChI=1S/C9H14N2O3/c1-4-7(5-2)11-9(14)10-6(3)8(12)13/h1,6-7H,5H2,2-3H3,(H,12,13)(H2,10,11,14). The monoisotopic (exact) mass is 198 g/mol. The molecule has 2 unspecified atom stereocenters. The molecular weight excluding hydrogens is 184 g/mol. The van der Waals surface area contributed by atoms with Gasteiger partial charge < -0.3 is 15.7 Å². The molecule has 5 heteroatoms. The summed E-state index contributed by atoms with van der Waals surface area (Å²) in [6, 6.07) is -1.86. The second-order valence-electron chi connectivity index (χ2n) is 2.81. The zero-order valence-electron chi connectivity index (χ0n) is 8.20. The van der Waals surface area contributed by atoms with Crippen LogP contribution in [0.15, 0.2) is 0 Å². The van der Waals surface area contributed by atoms with Gasteiger partial charge in [-0.1, -0.05) is 12.8 Å². The van der Waals surface area contributed by atoms with Crippen molar-refractivity contribution < 1.29 is 14.7 Å². The van der Waals surface area contributed by atoms with E-state index < -0.39 is 18.0 Å². The molecule has 0 bridgehead atoms. The largest absolute Gasteiger partial charge is 0.480 e. The molecule has 0 spiro atoms. The molecule has 0 heterocycles. The van der Waals surface area contributed by atoms with Crippen LogP contribution in [0.3, 0.4) is 0 Å². The molecule has 3 N–H and O–H groups in total. The number of urea groups is 1. The Morgan fingerprint density at radius 3 is 2.43 bits per heavy atom. The molecule has 14 heavy (non-hydrogen) atoms. The van der Waals surface area contributed by atoms with Gasteiger partial charge >= 0.3 is 12.0 Å². The van der Waals surface area contributed by atoms with Gasteiger partial charge in [0.2, 0.25) is 0 Å². The van der Waals surface area contributed by atoms with Gasteiger partial charge in [-0.3, -0.25) is 4.79 Å². The van der Waals surface area contributed by atoms with E-state index in [1.165, 1.54) is 6.92 Å². The number of hydrogen-bond acceptors (Lipinski definition) is 2. The van der Waals surface area contributed by atoms with E-state index in [1.54, 1.807) is 0 Å². The number of carbonyl (C=O) groups is 2. The van der Waals surface area contributed by atoms with Crippen LogP contribution in [-0.2, 0) is 4.79 Å². The van der Waals surface area contributed by atoms with Crippen LogP contribution in [-0.4, -0.2) is 29.2 Å². The first-order chi connectivity index (χ1) is 6.51. The van der Waals surface area contributed by atoms with Crippen LogP contribution in [0.25, 0.3) is 0 Å². The highest BCUT2D eigenvalue weighted by Gasteiger charge is 2.14. The maximum absolute atomic E-state index is 11.1. The van der Waals surface area contributed by atoms with Gasteiger partial charge in [-0.2, -0.15) is 0 Å². The molecule has 0 radical (unpaired) electrons. The Balaban J connectivity index is 3.99. The number of aliphatic carboxylic acids is 1. The average molecular weight is 198 g/mol. The van der Waals surface area contributed by atoms with E-state index in [-0.39, 0.29) is 6.04 Å². The molecule has 0 saturated carbocycles. The van der Waals surface area contributed by atoms with Crippen LogP contribution in [0.5, 0.6) is 0 Å². The van der Waals surface area contributed by atoms with Crippen LogP contribution < -0.4 is 10.6 Å². The minimum Gasteiger partial charge on any atom is -0.480 e. The molecule has 0 aromatic heterocycles. The van der Waals surface area contributed by atoms with Gasteiger partial charge in [0.15, 0.2) is 0 Å². The first kappa shape index (κ1) is 12.3. The molecular formula is C9H14N2O3. The lowest BCUT2D eigenvalue weighted by Crippen LogP contribution is -2.47. The topological polar surface area (TPSA) is 78.4 Å². The Bertz CT molecular complexity index is 257. The zero-order valence-corrected chi connectivity index (χ0v) is 8.20. The van der Waals surface area contributed by atoms with E-state index in [9.17, 15) is 9.59 Å². The number of carboxylic acids is 1. The van der Waals surface area contributed by atoms with Gasteiger partial charge in [0.25, 0.3) is 0 Å². The molecule has 0 saturated heterocycles. The normalized spacial score (nSPS) is 13.5. The van der Waals surface area contributed by atoms with Crippen molar-refractivity contribution in [2.45, 2.75) is 32.4 Å². The first-order valence-corrected chi connectivity index (χ1v) is 4.27. The van der Waals surface area contributed by atoms with Crippen LogP contribution in [0.4, 0.5) is 4.79 Å². The number of amides is 2. The predicted octanol–water partition coefficient (Wildman–Crippen LogP) is 0.170. The quantitative estimate of drug-likeness (QED) is 0.563. The van der Waals surface area contributed by atoms with Crippen molar-refractivity contribution in [2.75, 3.05) is 0 Å². The number of carbonyl (C=O) groups excluding carboxylic acids is 1. The SMILES string of the molecule is C#CC(CC)NC(=O)NC(C)C(=O)O. The maximum atomic E-state index is 11.1. The Kier molecular flexibility index (Phi) is 5.15. The molecule has 0 aliphatic heterocycles. The molecule has 78 valence electrons. The van der Waals surface area contributed by atoms with Crippen LogP contribution in [0.2, 0.25) is 0 Å². The summed E-state index contributed by atoms with van der Waals surface area (Å²) in [4.78, 5) is 21.5. The number of nitrogens with one attached hydrogen (secondary N) is 2. The smallest absolute Gasteiger partial charge is 0.325 e. The van der Waals surface area contributed by atoms with E-state index in [2.05, 4.69) is 16.6 Å². The van der Waals surface area contributed by atoms with Crippen molar-refractivity contribution in [2.24, 2.45) is 0 Å². The predicted molar refractivity (Wildman–Crippen MR) is 51.7 cm³/mol. The lowest BCUT2D eigenvalue weighted by molar-refractivity contribution is -0.138. The highest BCUT2D eigenvalue weighted by Crippen LogP contribution is 1.88. The minimum atomic E-state index is -1.09. The summed E-state index contributed by atoms with van der Waals surface area (Å²) in [5.74, 6) is 1.28. The van der Waals surface area contributed by atoms with E-state index in [1.807, 2.05) is 6.92 Å². The highest BCUT2D eigenvalue weighted by atomic mass is 16.4. The summed E-state index contributed by atoms with van der Waals surface area (Å²) in [6.07, 6.45) is 5.72. The number of carboxylic acid groups (broad SMARTS) is 1. The van der Waals surface area contributed by atoms with Gasteiger partial charge in [0, 0.05) is 0 Å². The molecule has 0 aromatic carbocycles. The lowest BCUT2D eigenvalue weighted by Gasteiger charge is -2.13. The van der Waals surface area contributed by atoms with Gasteiger partial charge in [0.05, 0.1) is 6.04 Å². The minimum absolute atomic E-state index is 0.365. The van der Waals surface area contributed by atoms with E-state index >= 15 is 0 Å². The highest BCUT2D eigenvalue weighted by molar-refractivity contribution is 5.82.